The summed E-state index contributed by atoms with van der Waals surface area (Å²) in [7, 11) is 0. The lowest BCUT2D eigenvalue weighted by atomic mass is 9.76. The van der Waals surface area contributed by atoms with Crippen LogP contribution in [-0.4, -0.2) is 20.9 Å². The monoisotopic (exact) mass is 417 g/mol. The molecule has 0 fully saturated rings. The van der Waals surface area contributed by atoms with Gasteiger partial charge in [-0.15, -0.1) is 0 Å². The molecule has 0 saturated heterocycles. The highest BCUT2D eigenvalue weighted by Crippen LogP contribution is 2.43. The van der Waals surface area contributed by atoms with E-state index in [-0.39, 0.29) is 11.3 Å². The van der Waals surface area contributed by atoms with Gasteiger partial charge in [-0.2, -0.15) is 0 Å². The number of carbonyl (C=O) groups excluding carboxylic acids is 1. The predicted octanol–water partition coefficient (Wildman–Crippen LogP) is 3.94. The first kappa shape index (κ1) is 19.9. The third-order valence-electron chi connectivity index (χ3n) is 6.41. The molecule has 1 aliphatic carbocycles. The molecule has 1 aliphatic heterocycles. The molecular weight excluding hydrogens is 390 g/mol. The van der Waals surface area contributed by atoms with Gasteiger partial charge < -0.3 is 15.0 Å². The Morgan fingerprint density at radius 2 is 1.97 bits per heavy atom. The fourth-order valence-corrected chi connectivity index (χ4v) is 5.10. The number of ether oxygens (including phenoxy) is 1. The number of fused-ring (bicyclic) bond motifs is 5. The lowest BCUT2D eigenvalue weighted by molar-refractivity contribution is -0.171. The van der Waals surface area contributed by atoms with Crippen LogP contribution in [0.15, 0.2) is 35.1 Å². The van der Waals surface area contributed by atoms with E-state index in [0.717, 1.165) is 27.9 Å². The Hall–Kier alpha value is -2.99. The van der Waals surface area contributed by atoms with Gasteiger partial charge >= 0.3 is 0 Å². The van der Waals surface area contributed by atoms with E-state index in [9.17, 15) is 9.59 Å². The van der Waals surface area contributed by atoms with Crippen molar-refractivity contribution in [1.82, 2.24) is 9.55 Å². The fourth-order valence-electron chi connectivity index (χ4n) is 5.10. The quantitative estimate of drug-likeness (QED) is 0.499. The normalized spacial score (nSPS) is 19.9. The third kappa shape index (κ3) is 2.85. The Bertz CT molecular complexity index is 1320. The number of nitrogens with two attached hydrogens (primary N) is 1. The zero-order chi connectivity index (χ0) is 22.1. The van der Waals surface area contributed by atoms with Crippen LogP contribution in [0.4, 0.5) is 5.69 Å². The molecule has 0 bridgehead atoms. The molecule has 1 atom stereocenters. The van der Waals surface area contributed by atoms with Crippen molar-refractivity contribution in [3.63, 3.8) is 0 Å². The van der Waals surface area contributed by atoms with Crippen molar-refractivity contribution < 1.29 is 9.53 Å². The first-order chi connectivity index (χ1) is 14.6. The van der Waals surface area contributed by atoms with Crippen LogP contribution < -0.4 is 11.3 Å². The number of nitrogen functional groups attached to an aromatic ring is 1. The molecule has 0 unspecified atom stereocenters. The molecule has 6 heteroatoms. The standard InChI is InChI=1S/C25H27N3O3/c1-5-25(31-24(2,3)4)17-12-20-22-14(11-16-18(26)7-6-8-19(16)27-22)13-28(20)23(30)15(17)9-10-21(25)29/h6-8,11-12H,5,9-10,13,26H2,1-4H3/t25-/m0/s1. The zero-order valence-corrected chi connectivity index (χ0v) is 18.4. The summed E-state index contributed by atoms with van der Waals surface area (Å²) < 4.78 is 8.18. The van der Waals surface area contributed by atoms with Crippen LogP contribution in [0.25, 0.3) is 22.3 Å². The van der Waals surface area contributed by atoms with Gasteiger partial charge in [0, 0.05) is 34.2 Å². The highest BCUT2D eigenvalue weighted by atomic mass is 16.5. The topological polar surface area (TPSA) is 87.2 Å². The van der Waals surface area contributed by atoms with Crippen molar-refractivity contribution in [3.8, 4) is 11.4 Å². The summed E-state index contributed by atoms with van der Waals surface area (Å²) in [6.45, 7) is 8.24. The molecule has 31 heavy (non-hydrogen) atoms. The number of hydrogen-bond donors (Lipinski definition) is 1. The Morgan fingerprint density at radius 1 is 1.19 bits per heavy atom. The summed E-state index contributed by atoms with van der Waals surface area (Å²) in [4.78, 5) is 31.6. The van der Waals surface area contributed by atoms with Crippen molar-refractivity contribution in [1.29, 1.82) is 0 Å². The first-order valence-electron chi connectivity index (χ1n) is 10.8. The van der Waals surface area contributed by atoms with Crippen LogP contribution in [0.2, 0.25) is 0 Å². The molecule has 1 aromatic carbocycles. The van der Waals surface area contributed by atoms with Crippen molar-refractivity contribution in [2.75, 3.05) is 5.73 Å². The Labute approximate surface area is 181 Å². The minimum absolute atomic E-state index is 0.0410. The van der Waals surface area contributed by atoms with E-state index >= 15 is 0 Å². The number of Topliss-reactive ketones (excluding diaryl/α,β-unsaturated/α-hetero) is 1. The molecule has 0 amide bonds. The van der Waals surface area contributed by atoms with Crippen LogP contribution >= 0.6 is 0 Å². The number of anilines is 1. The van der Waals surface area contributed by atoms with E-state index in [0.29, 0.717) is 42.6 Å². The molecule has 3 aromatic rings. The number of ketones is 1. The summed E-state index contributed by atoms with van der Waals surface area (Å²) in [5.74, 6) is 0.0410. The summed E-state index contributed by atoms with van der Waals surface area (Å²) >= 11 is 0. The Kier molecular flexibility index (Phi) is 4.18. The highest BCUT2D eigenvalue weighted by Gasteiger charge is 2.47. The van der Waals surface area contributed by atoms with Crippen molar-refractivity contribution in [2.24, 2.45) is 0 Å². The number of nitrogens with zero attached hydrogens (tertiary/aromatic N) is 2. The Balaban J connectivity index is 1.78. The molecule has 2 N–H and O–H groups in total. The number of carbonyl (C=O) groups is 1. The van der Waals surface area contributed by atoms with Gasteiger partial charge in [-0.25, -0.2) is 4.98 Å². The fraction of sp³-hybridized carbons (Fsp3) is 0.400. The molecule has 0 saturated carbocycles. The molecule has 6 nitrogen and oxygen atoms in total. The number of benzene rings is 1. The van der Waals surface area contributed by atoms with Crippen LogP contribution in [0.5, 0.6) is 0 Å². The zero-order valence-electron chi connectivity index (χ0n) is 18.4. The maximum Gasteiger partial charge on any atom is 0.254 e. The van der Waals surface area contributed by atoms with Crippen LogP contribution in [0.1, 0.15) is 57.2 Å². The highest BCUT2D eigenvalue weighted by molar-refractivity contribution is 5.94. The second-order valence-electron chi connectivity index (χ2n) is 9.54. The maximum absolute atomic E-state index is 13.6. The van der Waals surface area contributed by atoms with E-state index in [1.807, 2.05) is 58.0 Å². The van der Waals surface area contributed by atoms with Crippen molar-refractivity contribution in [3.05, 3.63) is 57.4 Å². The van der Waals surface area contributed by atoms with Gasteiger partial charge in [-0.1, -0.05) is 13.0 Å². The average molecular weight is 418 g/mol. The van der Waals surface area contributed by atoms with E-state index in [1.165, 1.54) is 0 Å². The summed E-state index contributed by atoms with van der Waals surface area (Å²) in [5.41, 5.74) is 9.81. The Morgan fingerprint density at radius 3 is 2.68 bits per heavy atom. The molecule has 160 valence electrons. The largest absolute Gasteiger partial charge is 0.398 e. The van der Waals surface area contributed by atoms with Crippen molar-refractivity contribution in [2.45, 2.75) is 64.7 Å². The smallest absolute Gasteiger partial charge is 0.254 e. The minimum Gasteiger partial charge on any atom is -0.398 e. The molecule has 5 rings (SSSR count). The van der Waals surface area contributed by atoms with E-state index in [2.05, 4.69) is 0 Å². The number of pyridine rings is 2. The SMILES string of the molecule is CC[C@@]1(OC(C)(C)C)C(=O)CCc2c1cc1n(c2=O)Cc2cc3c(N)cccc3nc2-1. The van der Waals surface area contributed by atoms with Gasteiger partial charge in [0.2, 0.25) is 0 Å². The lowest BCUT2D eigenvalue weighted by Crippen LogP contribution is -2.48. The van der Waals surface area contributed by atoms with Gasteiger partial charge in [0.25, 0.3) is 5.56 Å². The summed E-state index contributed by atoms with van der Waals surface area (Å²) in [6, 6.07) is 9.66. The van der Waals surface area contributed by atoms with Crippen LogP contribution in [-0.2, 0) is 28.1 Å². The molecule has 0 spiro atoms. The number of aromatic nitrogens is 2. The first-order valence-corrected chi connectivity index (χ1v) is 10.8. The van der Waals surface area contributed by atoms with Crippen LogP contribution in [0, 0.1) is 0 Å². The van der Waals surface area contributed by atoms with Gasteiger partial charge in [0.15, 0.2) is 11.4 Å². The molecule has 2 aliphatic rings. The van der Waals surface area contributed by atoms with Crippen molar-refractivity contribution >= 4 is 22.4 Å². The molecule has 2 aromatic heterocycles. The van der Waals surface area contributed by atoms with E-state index in [4.69, 9.17) is 15.5 Å². The number of rotatable bonds is 2. The second kappa shape index (κ2) is 6.50. The second-order valence-corrected chi connectivity index (χ2v) is 9.54. The van der Waals surface area contributed by atoms with Gasteiger partial charge in [-0.05, 0) is 57.9 Å². The van der Waals surface area contributed by atoms with E-state index < -0.39 is 11.2 Å². The van der Waals surface area contributed by atoms with Gasteiger partial charge in [0.05, 0.1) is 29.1 Å². The third-order valence-corrected chi connectivity index (χ3v) is 6.41. The predicted molar refractivity (Wildman–Crippen MR) is 121 cm³/mol. The van der Waals surface area contributed by atoms with Gasteiger partial charge in [-0.3, -0.25) is 9.59 Å². The summed E-state index contributed by atoms with van der Waals surface area (Å²) in [5, 5.41) is 0.890. The number of hydrogen-bond acceptors (Lipinski definition) is 5. The average Bonchev–Trinajstić information content (AvgIpc) is 3.07. The molecule has 3 heterocycles. The maximum atomic E-state index is 13.6. The van der Waals surface area contributed by atoms with E-state index in [1.54, 1.807) is 4.57 Å². The molecule has 0 radical (unpaired) electrons. The summed E-state index contributed by atoms with van der Waals surface area (Å²) in [6.07, 6.45) is 1.24. The molecular formula is C25H27N3O3. The van der Waals surface area contributed by atoms with Gasteiger partial charge in [0.1, 0.15) is 0 Å². The lowest BCUT2D eigenvalue weighted by Gasteiger charge is -2.41. The minimum atomic E-state index is -1.11. The van der Waals surface area contributed by atoms with Crippen LogP contribution in [0.3, 0.4) is 0 Å².